The summed E-state index contributed by atoms with van der Waals surface area (Å²) in [6.45, 7) is 2.79. The van der Waals surface area contributed by atoms with Crippen LogP contribution in [0.3, 0.4) is 0 Å². The fourth-order valence-electron chi connectivity index (χ4n) is 3.28. The van der Waals surface area contributed by atoms with Crippen LogP contribution in [-0.4, -0.2) is 25.1 Å². The number of rotatable bonds is 3. The number of fused-ring (bicyclic) bond motifs is 1. The van der Waals surface area contributed by atoms with E-state index in [1.807, 2.05) is 31.2 Å². The molecule has 0 fully saturated rings. The molecule has 140 valence electrons. The van der Waals surface area contributed by atoms with E-state index in [-0.39, 0.29) is 11.9 Å². The Hall–Kier alpha value is -3.39. The van der Waals surface area contributed by atoms with Gasteiger partial charge in [0.25, 0.3) is 5.89 Å². The van der Waals surface area contributed by atoms with Gasteiger partial charge in [0, 0.05) is 5.56 Å². The molecule has 0 bridgehead atoms. The normalized spacial score (nSPS) is 16.1. The molecule has 0 aliphatic carbocycles. The lowest BCUT2D eigenvalue weighted by molar-refractivity contribution is -0.00120. The van der Waals surface area contributed by atoms with Gasteiger partial charge in [-0.3, -0.25) is 0 Å². The molecule has 0 amide bonds. The molecule has 0 saturated heterocycles. The van der Waals surface area contributed by atoms with E-state index in [1.165, 1.54) is 12.1 Å². The van der Waals surface area contributed by atoms with E-state index >= 15 is 0 Å². The molecule has 1 atom stereocenters. The molecule has 2 aromatic carbocycles. The van der Waals surface area contributed by atoms with Crippen molar-refractivity contribution in [2.24, 2.45) is 0 Å². The van der Waals surface area contributed by atoms with E-state index in [4.69, 9.17) is 9.26 Å². The minimum absolute atomic E-state index is 0.215. The van der Waals surface area contributed by atoms with Crippen LogP contribution in [0.1, 0.15) is 22.9 Å². The lowest BCUT2D eigenvalue weighted by Gasteiger charge is -2.24. The van der Waals surface area contributed by atoms with Gasteiger partial charge < -0.3 is 9.26 Å². The van der Waals surface area contributed by atoms with Crippen LogP contribution in [0.15, 0.2) is 53.1 Å². The van der Waals surface area contributed by atoms with Crippen molar-refractivity contribution in [3.05, 3.63) is 71.2 Å². The van der Waals surface area contributed by atoms with E-state index in [9.17, 15) is 4.39 Å². The number of aromatic nitrogens is 5. The van der Waals surface area contributed by atoms with Crippen molar-refractivity contribution in [2.75, 3.05) is 0 Å². The highest BCUT2D eigenvalue weighted by Crippen LogP contribution is 2.31. The second-order valence-corrected chi connectivity index (χ2v) is 6.71. The number of hydrogen-bond acceptors (Lipinski definition) is 6. The summed E-state index contributed by atoms with van der Waals surface area (Å²) in [4.78, 5) is 4.47. The van der Waals surface area contributed by atoms with Crippen molar-refractivity contribution in [1.82, 2.24) is 25.1 Å². The van der Waals surface area contributed by atoms with Gasteiger partial charge in [-0.1, -0.05) is 46.3 Å². The third-order valence-electron chi connectivity index (χ3n) is 4.74. The Bertz CT molecular complexity index is 1140. The van der Waals surface area contributed by atoms with Gasteiger partial charge in [-0.05, 0) is 30.7 Å². The SMILES string of the molecule is Cc1cccc(-c2noc(-c3nnn4c3COC(c3ccc(F)cc3)C4)n2)c1. The van der Waals surface area contributed by atoms with Crippen LogP contribution in [0.25, 0.3) is 23.0 Å². The van der Waals surface area contributed by atoms with Crippen LogP contribution in [-0.2, 0) is 17.9 Å². The number of benzene rings is 2. The molecule has 5 rings (SSSR count). The van der Waals surface area contributed by atoms with Gasteiger partial charge in [0.1, 0.15) is 11.9 Å². The molecular formula is C20H16FN5O2. The smallest absolute Gasteiger partial charge is 0.280 e. The minimum Gasteiger partial charge on any atom is -0.365 e. The number of ether oxygens (including phenoxy) is 1. The molecule has 1 unspecified atom stereocenters. The average Bonchev–Trinajstić information content (AvgIpc) is 3.35. The lowest BCUT2D eigenvalue weighted by Crippen LogP contribution is -2.22. The van der Waals surface area contributed by atoms with Crippen LogP contribution in [0.4, 0.5) is 4.39 Å². The van der Waals surface area contributed by atoms with E-state index in [0.29, 0.717) is 30.6 Å². The summed E-state index contributed by atoms with van der Waals surface area (Å²) in [5, 5.41) is 12.5. The van der Waals surface area contributed by atoms with Crippen LogP contribution in [0.5, 0.6) is 0 Å². The molecule has 0 N–H and O–H groups in total. The van der Waals surface area contributed by atoms with Gasteiger partial charge >= 0.3 is 0 Å². The minimum atomic E-state index is -0.274. The molecule has 8 heteroatoms. The highest BCUT2D eigenvalue weighted by molar-refractivity contribution is 5.59. The van der Waals surface area contributed by atoms with Gasteiger partial charge in [-0.15, -0.1) is 5.10 Å². The zero-order chi connectivity index (χ0) is 19.1. The first kappa shape index (κ1) is 16.8. The summed E-state index contributed by atoms with van der Waals surface area (Å²) in [5.74, 6) is 0.534. The Labute approximate surface area is 159 Å². The molecule has 1 aliphatic heterocycles. The highest BCUT2D eigenvalue weighted by Gasteiger charge is 2.28. The molecular weight excluding hydrogens is 361 g/mol. The van der Waals surface area contributed by atoms with Gasteiger partial charge in [0.05, 0.1) is 18.8 Å². The van der Waals surface area contributed by atoms with Crippen LogP contribution < -0.4 is 0 Å². The van der Waals surface area contributed by atoms with Crippen molar-refractivity contribution in [2.45, 2.75) is 26.2 Å². The van der Waals surface area contributed by atoms with E-state index < -0.39 is 0 Å². The molecule has 0 saturated carbocycles. The first-order valence-corrected chi connectivity index (χ1v) is 8.88. The Morgan fingerprint density at radius 1 is 1.14 bits per heavy atom. The standard InChI is InChI=1S/C20H16FN5O2/c1-12-3-2-4-14(9-12)19-22-20(28-24-19)18-16-11-27-17(10-26(16)25-23-18)13-5-7-15(21)8-6-13/h2-9,17H,10-11H2,1H3. The highest BCUT2D eigenvalue weighted by atomic mass is 19.1. The summed E-state index contributed by atoms with van der Waals surface area (Å²) < 4.78 is 26.3. The molecule has 0 radical (unpaired) electrons. The summed E-state index contributed by atoms with van der Waals surface area (Å²) in [7, 11) is 0. The largest absolute Gasteiger partial charge is 0.365 e. The monoisotopic (exact) mass is 377 g/mol. The van der Waals surface area contributed by atoms with E-state index in [2.05, 4.69) is 20.5 Å². The fraction of sp³-hybridized carbons (Fsp3) is 0.200. The molecule has 2 aromatic heterocycles. The Kier molecular flexibility index (Phi) is 3.98. The maximum absolute atomic E-state index is 13.1. The van der Waals surface area contributed by atoms with Crippen molar-refractivity contribution in [1.29, 1.82) is 0 Å². The van der Waals surface area contributed by atoms with Gasteiger partial charge in [0.15, 0.2) is 5.69 Å². The maximum atomic E-state index is 13.1. The van der Waals surface area contributed by atoms with Crippen LogP contribution in [0, 0.1) is 12.7 Å². The Morgan fingerprint density at radius 3 is 2.82 bits per heavy atom. The van der Waals surface area contributed by atoms with Gasteiger partial charge in [-0.2, -0.15) is 4.98 Å². The van der Waals surface area contributed by atoms with E-state index in [0.717, 1.165) is 22.4 Å². The second kappa shape index (κ2) is 6.65. The molecule has 7 nitrogen and oxygen atoms in total. The average molecular weight is 377 g/mol. The topological polar surface area (TPSA) is 78.9 Å². The molecule has 1 aliphatic rings. The fourth-order valence-corrected chi connectivity index (χ4v) is 3.28. The molecule has 0 spiro atoms. The first-order valence-electron chi connectivity index (χ1n) is 8.88. The number of aryl methyl sites for hydroxylation is 1. The Balaban J connectivity index is 1.42. The third-order valence-corrected chi connectivity index (χ3v) is 4.74. The van der Waals surface area contributed by atoms with E-state index in [1.54, 1.807) is 16.8 Å². The first-order chi connectivity index (χ1) is 13.7. The van der Waals surface area contributed by atoms with Crippen molar-refractivity contribution in [3.63, 3.8) is 0 Å². The zero-order valence-electron chi connectivity index (χ0n) is 15.0. The van der Waals surface area contributed by atoms with Gasteiger partial charge in [0.2, 0.25) is 5.82 Å². The summed E-state index contributed by atoms with van der Waals surface area (Å²) >= 11 is 0. The molecule has 28 heavy (non-hydrogen) atoms. The zero-order valence-corrected chi connectivity index (χ0v) is 15.0. The van der Waals surface area contributed by atoms with Crippen molar-refractivity contribution in [3.8, 4) is 23.0 Å². The van der Waals surface area contributed by atoms with Gasteiger partial charge in [-0.25, -0.2) is 9.07 Å². The number of nitrogens with zero attached hydrogens (tertiary/aromatic N) is 5. The number of halogens is 1. The second-order valence-electron chi connectivity index (χ2n) is 6.71. The lowest BCUT2D eigenvalue weighted by atomic mass is 10.1. The maximum Gasteiger partial charge on any atom is 0.280 e. The van der Waals surface area contributed by atoms with Crippen LogP contribution in [0.2, 0.25) is 0 Å². The summed E-state index contributed by atoms with van der Waals surface area (Å²) in [5.41, 5.74) is 4.18. The summed E-state index contributed by atoms with van der Waals surface area (Å²) in [6, 6.07) is 14.2. The van der Waals surface area contributed by atoms with Crippen molar-refractivity contribution < 1.29 is 13.7 Å². The van der Waals surface area contributed by atoms with Crippen molar-refractivity contribution >= 4 is 0 Å². The quantitative estimate of drug-likeness (QED) is 0.541. The number of hydrogen-bond donors (Lipinski definition) is 0. The van der Waals surface area contributed by atoms with Crippen LogP contribution >= 0.6 is 0 Å². The predicted molar refractivity (Wildman–Crippen MR) is 97.4 cm³/mol. The Morgan fingerprint density at radius 2 is 2.00 bits per heavy atom. The summed E-state index contributed by atoms with van der Waals surface area (Å²) in [6.07, 6.45) is -0.215. The molecule has 3 heterocycles. The predicted octanol–water partition coefficient (Wildman–Crippen LogP) is 3.71. The molecule has 4 aromatic rings. The third kappa shape index (κ3) is 2.97.